The first kappa shape index (κ1) is 36.2. The average Bonchev–Trinajstić information content (AvgIpc) is 3.41. The first-order chi connectivity index (χ1) is 20.2. The molecule has 1 aliphatic heterocycles. The highest BCUT2D eigenvalue weighted by Gasteiger charge is 2.60. The Kier molecular flexibility index (Phi) is 13.6. The fraction of sp³-hybridized carbons (Fsp3) is 0.767. The van der Waals surface area contributed by atoms with Crippen LogP contribution in [0.15, 0.2) is 12.7 Å². The molecule has 5 amide bonds. The van der Waals surface area contributed by atoms with Gasteiger partial charge in [0.25, 0.3) is 0 Å². The quantitative estimate of drug-likeness (QED) is 0.0880. The molecule has 1 aliphatic carbocycles. The van der Waals surface area contributed by atoms with E-state index >= 15 is 0 Å². The van der Waals surface area contributed by atoms with Crippen molar-refractivity contribution in [3.05, 3.63) is 12.7 Å². The van der Waals surface area contributed by atoms with Gasteiger partial charge < -0.3 is 41.0 Å². The normalized spacial score (nSPS) is 23.0. The third-order valence-electron chi connectivity index (χ3n) is 8.21. The van der Waals surface area contributed by atoms with Gasteiger partial charge in [-0.05, 0) is 58.7 Å². The van der Waals surface area contributed by atoms with E-state index < -0.39 is 41.2 Å². The third kappa shape index (κ3) is 10.3. The molecule has 13 heteroatoms. The number of nitrogens with zero attached hydrogens (tertiary/aromatic N) is 3. The number of aliphatic hydroxyl groups excluding tert-OH is 1. The van der Waals surface area contributed by atoms with Crippen LogP contribution in [0, 0.1) is 11.3 Å². The SMILES string of the molecule is C=CC1C[C@]1(NC(=O)[C@@H]1CCCN1C(=O)CNC(=O)NC(CN(CCCN(C)C)C(O)CC=O)C(C)(C)C)C(=O)NCC. The summed E-state index contributed by atoms with van der Waals surface area (Å²) in [5.74, 6) is -1.21. The number of hydrogen-bond donors (Lipinski definition) is 5. The van der Waals surface area contributed by atoms with Gasteiger partial charge in [0, 0.05) is 44.6 Å². The molecule has 5 atom stereocenters. The highest BCUT2D eigenvalue weighted by molar-refractivity contribution is 5.98. The smallest absolute Gasteiger partial charge is 0.315 e. The highest BCUT2D eigenvalue weighted by atomic mass is 16.3. The van der Waals surface area contributed by atoms with Crippen molar-refractivity contribution in [3.8, 4) is 0 Å². The maximum atomic E-state index is 13.2. The molecule has 0 aromatic rings. The van der Waals surface area contributed by atoms with Gasteiger partial charge in [-0.3, -0.25) is 19.3 Å². The fourth-order valence-electron chi connectivity index (χ4n) is 5.42. The lowest BCUT2D eigenvalue weighted by atomic mass is 9.86. The molecule has 1 saturated carbocycles. The van der Waals surface area contributed by atoms with Crippen molar-refractivity contribution < 1.29 is 29.1 Å². The molecule has 0 aromatic carbocycles. The number of hydrogen-bond acceptors (Lipinski definition) is 8. The molecule has 2 rings (SSSR count). The molecule has 0 bridgehead atoms. The number of likely N-dealkylation sites (N-methyl/N-ethyl adjacent to an activating group) is 1. The molecule has 5 N–H and O–H groups in total. The summed E-state index contributed by atoms with van der Waals surface area (Å²) in [4.78, 5) is 68.3. The molecule has 43 heavy (non-hydrogen) atoms. The van der Waals surface area contributed by atoms with E-state index in [1.807, 2.05) is 46.7 Å². The maximum Gasteiger partial charge on any atom is 0.315 e. The summed E-state index contributed by atoms with van der Waals surface area (Å²) in [6.45, 7) is 13.6. The first-order valence-electron chi connectivity index (χ1n) is 15.3. The van der Waals surface area contributed by atoms with Gasteiger partial charge >= 0.3 is 6.03 Å². The van der Waals surface area contributed by atoms with E-state index in [0.717, 1.165) is 13.0 Å². The number of nitrogens with one attached hydrogen (secondary N) is 4. The van der Waals surface area contributed by atoms with Crippen LogP contribution >= 0.6 is 0 Å². The maximum absolute atomic E-state index is 13.2. The van der Waals surface area contributed by atoms with E-state index in [9.17, 15) is 29.1 Å². The van der Waals surface area contributed by atoms with Crippen LogP contribution < -0.4 is 21.3 Å². The number of urea groups is 1. The number of rotatable bonds is 17. The minimum atomic E-state index is -1.04. The molecule has 0 radical (unpaired) electrons. The monoisotopic (exact) mass is 607 g/mol. The molecule has 1 heterocycles. The predicted octanol–water partition coefficient (Wildman–Crippen LogP) is 0.0494. The number of aliphatic hydroxyl groups is 1. The Labute approximate surface area is 256 Å². The minimum Gasteiger partial charge on any atom is -0.378 e. The number of amides is 5. The van der Waals surface area contributed by atoms with Crippen molar-refractivity contribution >= 4 is 30.0 Å². The van der Waals surface area contributed by atoms with Gasteiger partial charge in [-0.1, -0.05) is 26.8 Å². The summed E-state index contributed by atoms with van der Waals surface area (Å²) >= 11 is 0. The predicted molar refractivity (Wildman–Crippen MR) is 164 cm³/mol. The standard InChI is InChI=1S/C30H53N7O6/c1-8-21-18-30(21,27(42)31-9-2)34-26(41)22-12-10-16-37(22)25(40)19-32-28(43)33-23(29(3,4)5)20-36(24(39)13-17-38)15-11-14-35(6)7/h8,17,21-24,39H,1,9-16,18-20H2,2-7H3,(H,31,42)(H,34,41)(H2,32,33,43)/t21?,22-,23?,24?,30+/m0/s1. The van der Waals surface area contributed by atoms with E-state index in [2.05, 4.69) is 27.8 Å². The van der Waals surface area contributed by atoms with E-state index in [1.165, 1.54) is 4.90 Å². The second-order valence-corrected chi connectivity index (χ2v) is 12.9. The summed E-state index contributed by atoms with van der Waals surface area (Å²) in [6, 6.07) is -1.68. The Morgan fingerprint density at radius 3 is 2.42 bits per heavy atom. The van der Waals surface area contributed by atoms with Crippen LogP contribution in [0.5, 0.6) is 0 Å². The lowest BCUT2D eigenvalue weighted by Crippen LogP contribution is -2.57. The summed E-state index contributed by atoms with van der Waals surface area (Å²) in [5, 5.41) is 21.8. The van der Waals surface area contributed by atoms with Gasteiger partial charge in [-0.2, -0.15) is 0 Å². The van der Waals surface area contributed by atoms with Gasteiger partial charge in [-0.15, -0.1) is 6.58 Å². The number of likely N-dealkylation sites (tertiary alicyclic amines) is 1. The fourth-order valence-corrected chi connectivity index (χ4v) is 5.42. The summed E-state index contributed by atoms with van der Waals surface area (Å²) in [6.07, 6.45) is 3.65. The zero-order valence-corrected chi connectivity index (χ0v) is 26.8. The number of carbonyl (C=O) groups excluding carboxylic acids is 5. The van der Waals surface area contributed by atoms with E-state index in [-0.39, 0.29) is 30.7 Å². The van der Waals surface area contributed by atoms with Crippen LogP contribution in [-0.4, -0.2) is 127 Å². The third-order valence-corrected chi connectivity index (χ3v) is 8.21. The van der Waals surface area contributed by atoms with E-state index in [0.29, 0.717) is 51.7 Å². The summed E-state index contributed by atoms with van der Waals surface area (Å²) in [5.41, 5.74) is -1.43. The Morgan fingerprint density at radius 1 is 1.16 bits per heavy atom. The Hall–Kier alpha value is -3.03. The molecule has 0 spiro atoms. The summed E-state index contributed by atoms with van der Waals surface area (Å²) in [7, 11) is 3.92. The highest BCUT2D eigenvalue weighted by Crippen LogP contribution is 2.44. The number of carbonyl (C=O) groups is 5. The van der Waals surface area contributed by atoms with Crippen LogP contribution in [0.2, 0.25) is 0 Å². The molecular formula is C30H53N7O6. The lowest BCUT2D eigenvalue weighted by Gasteiger charge is -2.37. The van der Waals surface area contributed by atoms with Crippen LogP contribution in [0.3, 0.4) is 0 Å². The van der Waals surface area contributed by atoms with Gasteiger partial charge in [0.15, 0.2) is 0 Å². The van der Waals surface area contributed by atoms with Crippen LogP contribution in [0.4, 0.5) is 4.79 Å². The average molecular weight is 608 g/mol. The Balaban J connectivity index is 1.99. The second-order valence-electron chi connectivity index (χ2n) is 12.9. The Morgan fingerprint density at radius 2 is 1.86 bits per heavy atom. The lowest BCUT2D eigenvalue weighted by molar-refractivity contribution is -0.139. The van der Waals surface area contributed by atoms with Crippen molar-refractivity contribution in [1.29, 1.82) is 0 Å². The van der Waals surface area contributed by atoms with Gasteiger partial charge in [0.2, 0.25) is 17.7 Å². The van der Waals surface area contributed by atoms with Crippen LogP contribution in [0.1, 0.15) is 59.8 Å². The second kappa shape index (κ2) is 16.2. The largest absolute Gasteiger partial charge is 0.378 e. The van der Waals surface area contributed by atoms with Crippen LogP contribution in [0.25, 0.3) is 0 Å². The topological polar surface area (TPSA) is 163 Å². The van der Waals surface area contributed by atoms with Crippen molar-refractivity contribution in [2.24, 2.45) is 11.3 Å². The van der Waals surface area contributed by atoms with Gasteiger partial charge in [-0.25, -0.2) is 4.79 Å². The van der Waals surface area contributed by atoms with Crippen molar-refractivity contribution in [1.82, 2.24) is 36.0 Å². The van der Waals surface area contributed by atoms with Crippen molar-refractivity contribution in [3.63, 3.8) is 0 Å². The van der Waals surface area contributed by atoms with Crippen molar-refractivity contribution in [2.45, 2.75) is 83.6 Å². The zero-order valence-electron chi connectivity index (χ0n) is 26.8. The molecule has 2 aliphatic rings. The van der Waals surface area contributed by atoms with Crippen LogP contribution in [-0.2, 0) is 19.2 Å². The molecule has 0 aromatic heterocycles. The zero-order chi connectivity index (χ0) is 32.4. The first-order valence-corrected chi connectivity index (χ1v) is 15.3. The molecule has 1 saturated heterocycles. The molecule has 2 fully saturated rings. The Bertz CT molecular complexity index is 1000. The van der Waals surface area contributed by atoms with Gasteiger partial charge in [0.05, 0.1) is 6.54 Å². The molecule has 13 nitrogen and oxygen atoms in total. The summed E-state index contributed by atoms with van der Waals surface area (Å²) < 4.78 is 0. The van der Waals surface area contributed by atoms with Gasteiger partial charge in [0.1, 0.15) is 24.1 Å². The minimum absolute atomic E-state index is 0.0389. The molecule has 244 valence electrons. The van der Waals surface area contributed by atoms with E-state index in [4.69, 9.17) is 0 Å². The molecular weight excluding hydrogens is 554 g/mol. The number of aldehydes is 1. The molecule has 3 unspecified atom stereocenters. The van der Waals surface area contributed by atoms with Crippen molar-refractivity contribution in [2.75, 3.05) is 53.4 Å². The van der Waals surface area contributed by atoms with E-state index in [1.54, 1.807) is 11.0 Å².